The Morgan fingerprint density at radius 3 is 2.95 bits per heavy atom. The van der Waals surface area contributed by atoms with Crippen molar-refractivity contribution in [1.82, 2.24) is 9.72 Å². The molecule has 0 spiro atoms. The average Bonchev–Trinajstić information content (AvgIpc) is 2.99. The second-order valence-electron chi connectivity index (χ2n) is 5.10. The van der Waals surface area contributed by atoms with Crippen molar-refractivity contribution in [3.8, 4) is 0 Å². The number of aromatic nitrogens is 2. The van der Waals surface area contributed by atoms with Gasteiger partial charge in [0.05, 0.1) is 6.54 Å². The van der Waals surface area contributed by atoms with Gasteiger partial charge in [0, 0.05) is 31.6 Å². The molecular formula is C14H21N3O2. The number of ether oxygens (including phenoxy) is 1. The van der Waals surface area contributed by atoms with E-state index in [9.17, 15) is 0 Å². The Morgan fingerprint density at radius 1 is 1.47 bits per heavy atom. The van der Waals surface area contributed by atoms with Crippen LogP contribution in [-0.2, 0) is 17.9 Å². The lowest BCUT2D eigenvalue weighted by Crippen LogP contribution is -2.15. The summed E-state index contributed by atoms with van der Waals surface area (Å²) in [6, 6.07) is 4.04. The fourth-order valence-corrected chi connectivity index (χ4v) is 1.97. The molecule has 104 valence electrons. The molecule has 2 N–H and O–H groups in total. The molecule has 0 aromatic carbocycles. The molecule has 2 aromatic heterocycles. The maximum atomic E-state index is 6.12. The Morgan fingerprint density at radius 2 is 2.26 bits per heavy atom. The quantitative estimate of drug-likeness (QED) is 0.868. The molecule has 0 saturated carbocycles. The Hall–Kier alpha value is -1.59. The number of nitrogens with two attached hydrogens (primary N) is 1. The van der Waals surface area contributed by atoms with E-state index in [1.807, 2.05) is 12.3 Å². The van der Waals surface area contributed by atoms with E-state index in [4.69, 9.17) is 15.0 Å². The van der Waals surface area contributed by atoms with E-state index in [-0.39, 0.29) is 6.04 Å². The molecule has 5 nitrogen and oxygen atoms in total. The molecule has 2 aromatic rings. The van der Waals surface area contributed by atoms with Crippen LogP contribution < -0.4 is 5.73 Å². The van der Waals surface area contributed by atoms with Gasteiger partial charge in [0.2, 0.25) is 0 Å². The molecule has 0 aliphatic rings. The molecule has 0 fully saturated rings. The molecule has 5 heteroatoms. The Kier molecular flexibility index (Phi) is 4.39. The van der Waals surface area contributed by atoms with E-state index in [0.29, 0.717) is 19.1 Å². The Bertz CT molecular complexity index is 516. The van der Waals surface area contributed by atoms with Crippen molar-refractivity contribution in [3.05, 3.63) is 41.5 Å². The van der Waals surface area contributed by atoms with E-state index >= 15 is 0 Å². The molecular weight excluding hydrogens is 242 g/mol. The highest BCUT2D eigenvalue weighted by atomic mass is 16.5. The summed E-state index contributed by atoms with van der Waals surface area (Å²) in [7, 11) is 1.63. The first-order valence-corrected chi connectivity index (χ1v) is 6.45. The zero-order chi connectivity index (χ0) is 13.8. The van der Waals surface area contributed by atoms with Crippen molar-refractivity contribution in [3.63, 3.8) is 0 Å². The molecule has 2 rings (SSSR count). The highest BCUT2D eigenvalue weighted by Gasteiger charge is 2.12. The molecule has 1 unspecified atom stereocenters. The summed E-state index contributed by atoms with van der Waals surface area (Å²) in [4.78, 5) is 0. The number of hydrogen-bond donors (Lipinski definition) is 1. The van der Waals surface area contributed by atoms with Crippen LogP contribution in [-0.4, -0.2) is 16.8 Å². The van der Waals surface area contributed by atoms with Gasteiger partial charge in [-0.25, -0.2) is 0 Å². The van der Waals surface area contributed by atoms with Crippen molar-refractivity contribution in [2.45, 2.75) is 33.0 Å². The highest BCUT2D eigenvalue weighted by molar-refractivity contribution is 5.17. The van der Waals surface area contributed by atoms with Crippen LogP contribution in [0.1, 0.15) is 36.9 Å². The number of rotatable bonds is 6. The van der Waals surface area contributed by atoms with Crippen molar-refractivity contribution in [2.75, 3.05) is 7.11 Å². The number of methoxy groups -OCH3 is 1. The van der Waals surface area contributed by atoms with Gasteiger partial charge >= 0.3 is 0 Å². The summed E-state index contributed by atoms with van der Waals surface area (Å²) in [5.41, 5.74) is 8.15. The lowest BCUT2D eigenvalue weighted by atomic mass is 10.00. The van der Waals surface area contributed by atoms with Crippen LogP contribution in [0.25, 0.3) is 0 Å². The van der Waals surface area contributed by atoms with Crippen LogP contribution >= 0.6 is 0 Å². The topological polar surface area (TPSA) is 66.2 Å². The smallest absolute Gasteiger partial charge is 0.162 e. The summed E-state index contributed by atoms with van der Waals surface area (Å²) in [5, 5.41) is 4.01. The van der Waals surface area contributed by atoms with Crippen molar-refractivity contribution in [2.24, 2.45) is 11.7 Å². The molecule has 2 heterocycles. The van der Waals surface area contributed by atoms with Gasteiger partial charge in [0.1, 0.15) is 12.3 Å². The predicted octanol–water partition coefficient (Wildman–Crippen LogP) is 2.33. The standard InChI is InChI=1S/C14H21N3O2/c1-10(2)14(15)11-4-5-17(7-11)8-12-6-13(9-18-3)19-16-12/h4-7,10,14H,8-9,15H2,1-3H3. The van der Waals surface area contributed by atoms with E-state index in [2.05, 4.69) is 35.8 Å². The zero-order valence-corrected chi connectivity index (χ0v) is 11.7. The fraction of sp³-hybridized carbons (Fsp3) is 0.500. The van der Waals surface area contributed by atoms with Gasteiger partial charge in [0.25, 0.3) is 0 Å². The van der Waals surface area contributed by atoms with E-state index in [1.54, 1.807) is 7.11 Å². The monoisotopic (exact) mass is 263 g/mol. The van der Waals surface area contributed by atoms with Crippen LogP contribution in [0.4, 0.5) is 0 Å². The first kappa shape index (κ1) is 13.8. The first-order chi connectivity index (χ1) is 9.10. The van der Waals surface area contributed by atoms with Crippen molar-refractivity contribution < 1.29 is 9.26 Å². The third kappa shape index (κ3) is 3.45. The van der Waals surface area contributed by atoms with Crippen molar-refractivity contribution >= 4 is 0 Å². The first-order valence-electron chi connectivity index (χ1n) is 6.45. The minimum Gasteiger partial charge on any atom is -0.377 e. The van der Waals surface area contributed by atoms with Crippen LogP contribution in [0.15, 0.2) is 29.0 Å². The molecule has 0 aliphatic heterocycles. The molecule has 0 radical (unpaired) electrons. The summed E-state index contributed by atoms with van der Waals surface area (Å²) in [6.45, 7) is 5.37. The van der Waals surface area contributed by atoms with E-state index < -0.39 is 0 Å². The zero-order valence-electron chi connectivity index (χ0n) is 11.7. The summed E-state index contributed by atoms with van der Waals surface area (Å²) in [6.07, 6.45) is 4.08. The van der Waals surface area contributed by atoms with Crippen LogP contribution in [0.5, 0.6) is 0 Å². The summed E-state index contributed by atoms with van der Waals surface area (Å²) < 4.78 is 12.2. The molecule has 0 aliphatic carbocycles. The van der Waals surface area contributed by atoms with Gasteiger partial charge in [-0.1, -0.05) is 19.0 Å². The van der Waals surface area contributed by atoms with E-state index in [0.717, 1.165) is 17.0 Å². The largest absolute Gasteiger partial charge is 0.377 e. The lowest BCUT2D eigenvalue weighted by Gasteiger charge is -2.13. The maximum absolute atomic E-state index is 6.12. The molecule has 0 amide bonds. The molecule has 0 bridgehead atoms. The van der Waals surface area contributed by atoms with Crippen molar-refractivity contribution in [1.29, 1.82) is 0 Å². The average molecular weight is 263 g/mol. The maximum Gasteiger partial charge on any atom is 0.162 e. The fourth-order valence-electron chi connectivity index (χ4n) is 1.97. The molecule has 0 saturated heterocycles. The van der Waals surface area contributed by atoms with Gasteiger partial charge in [-0.15, -0.1) is 0 Å². The Balaban J connectivity index is 2.02. The molecule has 19 heavy (non-hydrogen) atoms. The van der Waals surface area contributed by atoms with Gasteiger partial charge in [-0.05, 0) is 17.5 Å². The van der Waals surface area contributed by atoms with E-state index in [1.165, 1.54) is 0 Å². The summed E-state index contributed by atoms with van der Waals surface area (Å²) in [5.74, 6) is 1.17. The second-order valence-corrected chi connectivity index (χ2v) is 5.10. The van der Waals surface area contributed by atoms with Gasteiger partial charge in [0.15, 0.2) is 5.76 Å². The SMILES string of the molecule is COCc1cc(Cn2ccc(C(N)C(C)C)c2)no1. The third-order valence-corrected chi connectivity index (χ3v) is 3.12. The lowest BCUT2D eigenvalue weighted by molar-refractivity contribution is 0.155. The number of nitrogens with zero attached hydrogens (tertiary/aromatic N) is 2. The third-order valence-electron chi connectivity index (χ3n) is 3.12. The Labute approximate surface area is 113 Å². The minimum absolute atomic E-state index is 0.0719. The highest BCUT2D eigenvalue weighted by Crippen LogP contribution is 2.19. The normalized spacial score (nSPS) is 13.1. The van der Waals surface area contributed by atoms with Crippen LogP contribution in [0, 0.1) is 5.92 Å². The number of hydrogen-bond acceptors (Lipinski definition) is 4. The summed E-state index contributed by atoms with van der Waals surface area (Å²) >= 11 is 0. The van der Waals surface area contributed by atoms with Gasteiger partial charge < -0.3 is 19.6 Å². The minimum atomic E-state index is 0.0719. The molecule has 1 atom stereocenters. The predicted molar refractivity (Wildman–Crippen MR) is 72.5 cm³/mol. The second kappa shape index (κ2) is 6.04. The van der Waals surface area contributed by atoms with Crippen LogP contribution in [0.3, 0.4) is 0 Å². The van der Waals surface area contributed by atoms with Crippen LogP contribution in [0.2, 0.25) is 0 Å². The van der Waals surface area contributed by atoms with Gasteiger partial charge in [-0.2, -0.15) is 0 Å². The van der Waals surface area contributed by atoms with Gasteiger partial charge in [-0.3, -0.25) is 0 Å².